The SMILES string of the molecule is CCCCCCCC(CC(C(=O)[O-])C(=O)[O-])C(C)(C)C.[Ba+2]. The summed E-state index contributed by atoms with van der Waals surface area (Å²) < 4.78 is 0. The Labute approximate surface area is 169 Å². The Morgan fingerprint density at radius 1 is 0.952 bits per heavy atom. The van der Waals surface area contributed by atoms with E-state index in [2.05, 4.69) is 6.92 Å². The van der Waals surface area contributed by atoms with Crippen LogP contribution < -0.4 is 10.2 Å². The summed E-state index contributed by atoms with van der Waals surface area (Å²) in [7, 11) is 0. The van der Waals surface area contributed by atoms with E-state index in [-0.39, 0.29) is 66.6 Å². The Hall–Kier alpha value is 0.511. The zero-order valence-electron chi connectivity index (χ0n) is 13.9. The fourth-order valence-corrected chi connectivity index (χ4v) is 2.47. The van der Waals surface area contributed by atoms with E-state index in [1.54, 1.807) is 0 Å². The second-order valence-corrected chi connectivity index (χ2v) is 6.69. The summed E-state index contributed by atoms with van der Waals surface area (Å²) in [4.78, 5) is 21.8. The maximum atomic E-state index is 10.9. The number of hydrogen-bond donors (Lipinski definition) is 0. The topological polar surface area (TPSA) is 80.3 Å². The van der Waals surface area contributed by atoms with Crippen LogP contribution in [0.4, 0.5) is 0 Å². The number of carbonyl (C=O) groups excluding carboxylic acids is 2. The molecule has 4 nitrogen and oxygen atoms in total. The number of rotatable bonds is 10. The van der Waals surface area contributed by atoms with E-state index in [4.69, 9.17) is 0 Å². The third-order valence-electron chi connectivity index (χ3n) is 3.97. The zero-order valence-corrected chi connectivity index (χ0v) is 18.4. The number of hydrogen-bond acceptors (Lipinski definition) is 4. The van der Waals surface area contributed by atoms with Gasteiger partial charge in [0.1, 0.15) is 0 Å². The average Bonchev–Trinajstić information content (AvgIpc) is 2.29. The van der Waals surface area contributed by atoms with Gasteiger partial charge >= 0.3 is 48.9 Å². The van der Waals surface area contributed by atoms with Gasteiger partial charge in [0.25, 0.3) is 0 Å². The molecule has 0 aliphatic carbocycles. The predicted octanol–water partition coefficient (Wildman–Crippen LogP) is 1.13. The second kappa shape index (κ2) is 12.0. The first-order chi connectivity index (χ1) is 9.20. The fraction of sp³-hybridized carbons (Fsp3) is 0.875. The van der Waals surface area contributed by atoms with Crippen molar-refractivity contribution >= 4 is 60.8 Å². The molecule has 1 atom stereocenters. The first-order valence-corrected chi connectivity index (χ1v) is 7.61. The molecule has 0 aromatic heterocycles. The molecule has 0 aromatic carbocycles. The summed E-state index contributed by atoms with van der Waals surface area (Å²) in [5, 5.41) is 21.8. The molecular weight excluding hydrogens is 394 g/mol. The molecule has 0 aliphatic heterocycles. The van der Waals surface area contributed by atoms with E-state index < -0.39 is 17.9 Å². The molecule has 118 valence electrons. The molecule has 0 radical (unpaired) electrons. The van der Waals surface area contributed by atoms with Crippen molar-refractivity contribution in [1.29, 1.82) is 0 Å². The van der Waals surface area contributed by atoms with Gasteiger partial charge in [-0.2, -0.15) is 0 Å². The van der Waals surface area contributed by atoms with E-state index in [1.165, 1.54) is 19.3 Å². The van der Waals surface area contributed by atoms with Crippen LogP contribution in [0.2, 0.25) is 0 Å². The molecule has 0 amide bonds. The smallest absolute Gasteiger partial charge is 0.549 e. The van der Waals surface area contributed by atoms with Crippen LogP contribution in [-0.2, 0) is 9.59 Å². The molecule has 0 saturated heterocycles. The van der Waals surface area contributed by atoms with E-state index in [0.717, 1.165) is 19.3 Å². The summed E-state index contributed by atoms with van der Waals surface area (Å²) >= 11 is 0. The maximum absolute atomic E-state index is 10.9. The molecule has 0 saturated carbocycles. The Morgan fingerprint density at radius 2 is 1.43 bits per heavy atom. The van der Waals surface area contributed by atoms with E-state index in [0.29, 0.717) is 0 Å². The first kappa shape index (κ1) is 23.8. The zero-order chi connectivity index (χ0) is 15.8. The summed E-state index contributed by atoms with van der Waals surface area (Å²) in [5.41, 5.74) is -0.117. The van der Waals surface area contributed by atoms with Gasteiger partial charge < -0.3 is 19.8 Å². The molecule has 0 spiro atoms. The minimum absolute atomic E-state index is 0. The van der Waals surface area contributed by atoms with Gasteiger partial charge in [-0.1, -0.05) is 59.8 Å². The fourth-order valence-electron chi connectivity index (χ4n) is 2.47. The number of carbonyl (C=O) groups is 2. The molecule has 0 rings (SSSR count). The largest absolute Gasteiger partial charge is 2.00 e. The minimum atomic E-state index is -1.54. The third kappa shape index (κ3) is 10.8. The molecule has 0 aromatic rings. The monoisotopic (exact) mass is 422 g/mol. The van der Waals surface area contributed by atoms with Crippen LogP contribution in [0.5, 0.6) is 0 Å². The van der Waals surface area contributed by atoms with Crippen molar-refractivity contribution < 1.29 is 19.8 Å². The van der Waals surface area contributed by atoms with Crippen LogP contribution in [0.25, 0.3) is 0 Å². The molecule has 0 fully saturated rings. The Kier molecular flexibility index (Phi) is 13.6. The van der Waals surface area contributed by atoms with Gasteiger partial charge in [0.2, 0.25) is 0 Å². The summed E-state index contributed by atoms with van der Waals surface area (Å²) in [6.07, 6.45) is 6.64. The van der Waals surface area contributed by atoms with Gasteiger partial charge in [-0.05, 0) is 24.2 Å². The van der Waals surface area contributed by atoms with Crippen LogP contribution >= 0.6 is 0 Å². The number of carboxylic acids is 2. The number of unbranched alkanes of at least 4 members (excludes halogenated alkanes) is 4. The molecule has 0 N–H and O–H groups in total. The first-order valence-electron chi connectivity index (χ1n) is 7.61. The second-order valence-electron chi connectivity index (χ2n) is 6.69. The normalized spacial score (nSPS) is 12.8. The van der Waals surface area contributed by atoms with Gasteiger partial charge in [0, 0.05) is 5.92 Å². The van der Waals surface area contributed by atoms with Crippen molar-refractivity contribution in [3.8, 4) is 0 Å². The van der Waals surface area contributed by atoms with Crippen molar-refractivity contribution in [3.05, 3.63) is 0 Å². The van der Waals surface area contributed by atoms with Crippen molar-refractivity contribution in [1.82, 2.24) is 0 Å². The Morgan fingerprint density at radius 3 is 1.81 bits per heavy atom. The van der Waals surface area contributed by atoms with Crippen molar-refractivity contribution in [2.24, 2.45) is 17.3 Å². The van der Waals surface area contributed by atoms with Gasteiger partial charge in [-0.25, -0.2) is 0 Å². The molecule has 0 aliphatic rings. The van der Waals surface area contributed by atoms with Crippen LogP contribution in [-0.4, -0.2) is 60.8 Å². The quantitative estimate of drug-likeness (QED) is 0.301. The molecule has 1 unspecified atom stereocenters. The number of carboxylic acid groups (broad SMARTS) is 2. The van der Waals surface area contributed by atoms with E-state index in [1.807, 2.05) is 20.8 Å². The molecule has 0 heterocycles. The standard InChI is InChI=1S/C16H30O4.Ba/c1-5-6-7-8-9-10-12(16(2,3)4)11-13(14(17)18)15(19)20;/h12-13H,5-11H2,1-4H3,(H,17,18)(H,19,20);/q;+2/p-2. The van der Waals surface area contributed by atoms with E-state index in [9.17, 15) is 19.8 Å². The van der Waals surface area contributed by atoms with Gasteiger partial charge in [0.05, 0.1) is 11.9 Å². The minimum Gasteiger partial charge on any atom is -0.549 e. The molecular formula is C16H28BaO4. The summed E-state index contributed by atoms with van der Waals surface area (Å²) in [6, 6.07) is 0. The van der Waals surface area contributed by atoms with E-state index >= 15 is 0 Å². The van der Waals surface area contributed by atoms with Crippen molar-refractivity contribution in [2.75, 3.05) is 0 Å². The van der Waals surface area contributed by atoms with Crippen LogP contribution in [0.1, 0.15) is 72.6 Å². The van der Waals surface area contributed by atoms with Gasteiger partial charge in [0.15, 0.2) is 0 Å². The maximum Gasteiger partial charge on any atom is 2.00 e. The molecule has 0 bridgehead atoms. The number of aliphatic carboxylic acids is 2. The van der Waals surface area contributed by atoms with Crippen molar-refractivity contribution in [2.45, 2.75) is 72.6 Å². The summed E-state index contributed by atoms with van der Waals surface area (Å²) in [5.74, 6) is -4.53. The van der Waals surface area contributed by atoms with Crippen LogP contribution in [0.15, 0.2) is 0 Å². The average molecular weight is 422 g/mol. The summed E-state index contributed by atoms with van der Waals surface area (Å²) in [6.45, 7) is 8.21. The van der Waals surface area contributed by atoms with Crippen molar-refractivity contribution in [3.63, 3.8) is 0 Å². The Bertz CT molecular complexity index is 296. The van der Waals surface area contributed by atoms with Gasteiger partial charge in [-0.15, -0.1) is 0 Å². The molecule has 21 heavy (non-hydrogen) atoms. The van der Waals surface area contributed by atoms with Crippen LogP contribution in [0, 0.1) is 17.3 Å². The third-order valence-corrected chi connectivity index (χ3v) is 3.97. The molecule has 5 heteroatoms. The van der Waals surface area contributed by atoms with Gasteiger partial charge in [-0.3, -0.25) is 0 Å². The Balaban J connectivity index is 0. The van der Waals surface area contributed by atoms with Crippen LogP contribution in [0.3, 0.4) is 0 Å². The predicted molar refractivity (Wildman–Crippen MR) is 80.2 cm³/mol.